The van der Waals surface area contributed by atoms with Gasteiger partial charge in [-0.15, -0.1) is 0 Å². The van der Waals surface area contributed by atoms with Crippen molar-refractivity contribution in [1.29, 1.82) is 0 Å². The molecule has 0 aliphatic rings. The number of nitrogens with one attached hydrogen (secondary N) is 2. The Bertz CT molecular complexity index is 426. The molecule has 7 heteroatoms. The molecule has 1 aromatic heterocycles. The Balaban J connectivity index is 2.79. The second-order valence-electron chi connectivity index (χ2n) is 4.26. The van der Waals surface area contributed by atoms with E-state index in [0.717, 1.165) is 12.3 Å². The molecule has 0 radical (unpaired) electrons. The molecule has 0 saturated heterocycles. The van der Waals surface area contributed by atoms with E-state index in [-0.39, 0.29) is 11.6 Å². The van der Waals surface area contributed by atoms with Gasteiger partial charge < -0.3 is 10.6 Å². The molecule has 1 rings (SSSR count). The lowest BCUT2D eigenvalue weighted by Crippen LogP contribution is -2.47. The molecule has 0 aliphatic carbocycles. The first-order chi connectivity index (χ1) is 8.16. The summed E-state index contributed by atoms with van der Waals surface area (Å²) < 4.78 is 36.8. The van der Waals surface area contributed by atoms with E-state index in [9.17, 15) is 18.0 Å². The molecule has 0 bridgehead atoms. The Morgan fingerprint density at radius 1 is 1.28 bits per heavy atom. The summed E-state index contributed by atoms with van der Waals surface area (Å²) in [5.74, 6) is -0.355. The van der Waals surface area contributed by atoms with Crippen LogP contribution in [0.1, 0.15) is 19.5 Å². The minimum absolute atomic E-state index is 0.219. The van der Waals surface area contributed by atoms with Crippen LogP contribution in [0.25, 0.3) is 0 Å². The third kappa shape index (κ3) is 3.43. The van der Waals surface area contributed by atoms with Crippen molar-refractivity contribution in [3.05, 3.63) is 24.0 Å². The summed E-state index contributed by atoms with van der Waals surface area (Å²) >= 11 is 0. The maximum absolute atomic E-state index is 12.3. The van der Waals surface area contributed by atoms with Gasteiger partial charge in [-0.3, -0.25) is 4.79 Å². The van der Waals surface area contributed by atoms with E-state index in [1.807, 2.05) is 0 Å². The van der Waals surface area contributed by atoms with Crippen molar-refractivity contribution >= 4 is 11.6 Å². The largest absolute Gasteiger partial charge is 0.433 e. The van der Waals surface area contributed by atoms with Crippen LogP contribution in [0.15, 0.2) is 18.3 Å². The lowest BCUT2D eigenvalue weighted by Gasteiger charge is -2.22. The Kier molecular flexibility index (Phi) is 3.95. The van der Waals surface area contributed by atoms with E-state index in [2.05, 4.69) is 15.6 Å². The maximum Gasteiger partial charge on any atom is 0.433 e. The average Bonchev–Trinajstić information content (AvgIpc) is 2.28. The van der Waals surface area contributed by atoms with Crippen molar-refractivity contribution in [2.45, 2.75) is 25.6 Å². The average molecular weight is 261 g/mol. The number of nitrogens with zero attached hydrogens (tertiary/aromatic N) is 1. The number of rotatable bonds is 3. The Morgan fingerprint density at radius 2 is 1.89 bits per heavy atom. The summed E-state index contributed by atoms with van der Waals surface area (Å²) in [7, 11) is 1.62. The highest BCUT2D eigenvalue weighted by molar-refractivity contribution is 5.97. The third-order valence-corrected chi connectivity index (χ3v) is 2.50. The van der Waals surface area contributed by atoms with Crippen LogP contribution in [0.5, 0.6) is 0 Å². The minimum Gasteiger partial charge on any atom is -0.323 e. The van der Waals surface area contributed by atoms with E-state index < -0.39 is 17.4 Å². The molecule has 0 spiro atoms. The van der Waals surface area contributed by atoms with Crippen LogP contribution in [0, 0.1) is 0 Å². The standard InChI is InChI=1S/C11H14F3N3O/c1-10(2,15-3)9(18)17-7-4-5-8(16-6-7)11(12,13)14/h4-6,15H,1-3H3,(H,17,18). The normalized spacial score (nSPS) is 12.3. The van der Waals surface area contributed by atoms with Crippen LogP contribution in [0.4, 0.5) is 18.9 Å². The predicted octanol–water partition coefficient (Wildman–Crippen LogP) is 2.04. The maximum atomic E-state index is 12.3. The summed E-state index contributed by atoms with van der Waals surface area (Å²) in [6.45, 7) is 3.31. The van der Waals surface area contributed by atoms with Crippen LogP contribution >= 0.6 is 0 Å². The van der Waals surface area contributed by atoms with Crippen molar-refractivity contribution < 1.29 is 18.0 Å². The molecule has 1 aromatic rings. The highest BCUT2D eigenvalue weighted by Gasteiger charge is 2.32. The zero-order valence-corrected chi connectivity index (χ0v) is 10.2. The van der Waals surface area contributed by atoms with Gasteiger partial charge in [-0.1, -0.05) is 0 Å². The van der Waals surface area contributed by atoms with Crippen LogP contribution in [-0.4, -0.2) is 23.5 Å². The number of carbonyl (C=O) groups excluding carboxylic acids is 1. The van der Waals surface area contributed by atoms with Gasteiger partial charge in [0.25, 0.3) is 0 Å². The zero-order valence-electron chi connectivity index (χ0n) is 10.2. The van der Waals surface area contributed by atoms with Crippen molar-refractivity contribution in [2.24, 2.45) is 0 Å². The Morgan fingerprint density at radius 3 is 2.28 bits per heavy atom. The van der Waals surface area contributed by atoms with E-state index in [4.69, 9.17) is 0 Å². The number of aromatic nitrogens is 1. The molecule has 0 aromatic carbocycles. The third-order valence-electron chi connectivity index (χ3n) is 2.50. The molecule has 0 aliphatic heterocycles. The molecule has 0 fully saturated rings. The highest BCUT2D eigenvalue weighted by atomic mass is 19.4. The monoisotopic (exact) mass is 261 g/mol. The van der Waals surface area contributed by atoms with Gasteiger partial charge >= 0.3 is 6.18 Å². The second kappa shape index (κ2) is 4.93. The van der Waals surface area contributed by atoms with Gasteiger partial charge in [-0.05, 0) is 33.0 Å². The van der Waals surface area contributed by atoms with Gasteiger partial charge in [0.15, 0.2) is 0 Å². The molecule has 100 valence electrons. The lowest BCUT2D eigenvalue weighted by molar-refractivity contribution is -0.141. The predicted molar refractivity (Wildman–Crippen MR) is 61.0 cm³/mol. The first-order valence-electron chi connectivity index (χ1n) is 5.20. The number of likely N-dealkylation sites (N-methyl/N-ethyl adjacent to an activating group) is 1. The van der Waals surface area contributed by atoms with Crippen molar-refractivity contribution in [2.75, 3.05) is 12.4 Å². The van der Waals surface area contributed by atoms with Gasteiger partial charge in [-0.2, -0.15) is 13.2 Å². The molecule has 0 atom stereocenters. The van der Waals surface area contributed by atoms with E-state index in [0.29, 0.717) is 0 Å². The van der Waals surface area contributed by atoms with E-state index >= 15 is 0 Å². The van der Waals surface area contributed by atoms with Gasteiger partial charge in [0, 0.05) is 0 Å². The van der Waals surface area contributed by atoms with Gasteiger partial charge in [-0.25, -0.2) is 4.98 Å². The van der Waals surface area contributed by atoms with Crippen LogP contribution in [0.2, 0.25) is 0 Å². The molecule has 1 heterocycles. The second-order valence-corrected chi connectivity index (χ2v) is 4.26. The van der Waals surface area contributed by atoms with E-state index in [1.165, 1.54) is 6.07 Å². The molecule has 1 amide bonds. The Hall–Kier alpha value is -1.63. The molecule has 18 heavy (non-hydrogen) atoms. The number of amides is 1. The summed E-state index contributed by atoms with van der Waals surface area (Å²) in [6.07, 6.45) is -3.50. The number of anilines is 1. The van der Waals surface area contributed by atoms with Crippen molar-refractivity contribution in [3.63, 3.8) is 0 Å². The number of halogens is 3. The number of pyridine rings is 1. The number of hydrogen-bond acceptors (Lipinski definition) is 3. The van der Waals surface area contributed by atoms with Gasteiger partial charge in [0.05, 0.1) is 17.4 Å². The highest BCUT2D eigenvalue weighted by Crippen LogP contribution is 2.27. The molecule has 4 nitrogen and oxygen atoms in total. The number of alkyl halides is 3. The van der Waals surface area contributed by atoms with Gasteiger partial charge in [0.1, 0.15) is 5.69 Å². The van der Waals surface area contributed by atoms with Gasteiger partial charge in [0.2, 0.25) is 5.91 Å². The summed E-state index contributed by atoms with van der Waals surface area (Å²) in [5.41, 5.74) is -1.59. The van der Waals surface area contributed by atoms with Crippen LogP contribution in [0.3, 0.4) is 0 Å². The van der Waals surface area contributed by atoms with Crippen LogP contribution in [-0.2, 0) is 11.0 Å². The fourth-order valence-corrected chi connectivity index (χ4v) is 1.04. The summed E-state index contributed by atoms with van der Waals surface area (Å²) in [6, 6.07) is 1.99. The SMILES string of the molecule is CNC(C)(C)C(=O)Nc1ccc(C(F)(F)F)nc1. The van der Waals surface area contributed by atoms with Crippen molar-refractivity contribution in [1.82, 2.24) is 10.3 Å². The lowest BCUT2D eigenvalue weighted by atomic mass is 10.1. The minimum atomic E-state index is -4.48. The number of carbonyl (C=O) groups is 1. The molecular weight excluding hydrogens is 247 g/mol. The molecule has 2 N–H and O–H groups in total. The fourth-order valence-electron chi connectivity index (χ4n) is 1.04. The first kappa shape index (κ1) is 14.4. The fraction of sp³-hybridized carbons (Fsp3) is 0.455. The zero-order chi connectivity index (χ0) is 14.0. The molecule has 0 saturated carbocycles. The molecular formula is C11H14F3N3O. The van der Waals surface area contributed by atoms with Crippen LogP contribution < -0.4 is 10.6 Å². The first-order valence-corrected chi connectivity index (χ1v) is 5.20. The number of hydrogen-bond donors (Lipinski definition) is 2. The quantitative estimate of drug-likeness (QED) is 0.875. The van der Waals surface area contributed by atoms with E-state index in [1.54, 1.807) is 20.9 Å². The Labute approximate surface area is 103 Å². The molecule has 0 unspecified atom stereocenters. The van der Waals surface area contributed by atoms with Crippen molar-refractivity contribution in [3.8, 4) is 0 Å². The smallest absolute Gasteiger partial charge is 0.323 e. The summed E-state index contributed by atoms with van der Waals surface area (Å²) in [5, 5.41) is 5.27. The summed E-state index contributed by atoms with van der Waals surface area (Å²) in [4.78, 5) is 15.0. The topological polar surface area (TPSA) is 54.0 Å².